The van der Waals surface area contributed by atoms with Crippen LogP contribution < -0.4 is 5.32 Å². The van der Waals surface area contributed by atoms with Crippen molar-refractivity contribution < 1.29 is 14.7 Å². The third-order valence-electron chi connectivity index (χ3n) is 4.13. The van der Waals surface area contributed by atoms with Crippen LogP contribution in [-0.4, -0.2) is 16.9 Å². The van der Waals surface area contributed by atoms with E-state index in [2.05, 4.69) is 11.9 Å². The van der Waals surface area contributed by atoms with E-state index in [4.69, 9.17) is 28.3 Å². The second-order valence-electron chi connectivity index (χ2n) is 5.96. The predicted molar refractivity (Wildman–Crippen MR) is 113 cm³/mol. The molecule has 0 saturated heterocycles. The predicted octanol–water partition coefficient (Wildman–Crippen LogP) is 6.33. The lowest BCUT2D eigenvalue weighted by Crippen LogP contribution is -2.06. The van der Waals surface area contributed by atoms with Crippen LogP contribution in [-0.2, 0) is 0 Å². The summed E-state index contributed by atoms with van der Waals surface area (Å²) < 4.78 is 0. The molecule has 0 unspecified atom stereocenters. The number of allylic oxidation sites excluding steroid dienone is 1. The maximum Gasteiger partial charge on any atom is 0.335 e. The highest BCUT2D eigenvalue weighted by molar-refractivity contribution is 6.44. The molecular formula is C22H15Cl2NO3. The fraction of sp³-hybridized carbons (Fsp3) is 0. The lowest BCUT2D eigenvalue weighted by atomic mass is 9.96. The molecule has 0 aliphatic carbocycles. The highest BCUT2D eigenvalue weighted by atomic mass is 35.5. The zero-order valence-corrected chi connectivity index (χ0v) is 16.1. The van der Waals surface area contributed by atoms with Gasteiger partial charge in [-0.05, 0) is 42.5 Å². The van der Waals surface area contributed by atoms with Crippen molar-refractivity contribution in [3.8, 4) is 0 Å². The summed E-state index contributed by atoms with van der Waals surface area (Å²) in [4.78, 5) is 23.9. The first-order valence-electron chi connectivity index (χ1n) is 8.26. The van der Waals surface area contributed by atoms with Gasteiger partial charge in [-0.15, -0.1) is 0 Å². The summed E-state index contributed by atoms with van der Waals surface area (Å²) in [6.45, 7) is 3.94. The summed E-state index contributed by atoms with van der Waals surface area (Å²) in [6, 6.07) is 18.3. The number of Topliss-reactive ketones (excluding diaryl/α,β-unsaturated/α-hetero) is 1. The number of carbonyl (C=O) groups is 2. The van der Waals surface area contributed by atoms with Gasteiger partial charge in [-0.25, -0.2) is 4.79 Å². The standard InChI is InChI=1S/C22H15Cl2NO3/c1-13(21(26)20-17(23)6-4-7-18(20)24)16-5-2-3-8-19(16)25-15-11-9-14(10-12-15)22(27)28/h2-12,25H,1H2,(H,27,28). The summed E-state index contributed by atoms with van der Waals surface area (Å²) in [6.07, 6.45) is 0. The Morgan fingerprint density at radius 3 is 2.07 bits per heavy atom. The Balaban J connectivity index is 1.92. The van der Waals surface area contributed by atoms with Gasteiger partial charge in [0.25, 0.3) is 0 Å². The van der Waals surface area contributed by atoms with E-state index < -0.39 is 5.97 Å². The monoisotopic (exact) mass is 411 g/mol. The van der Waals surface area contributed by atoms with Gasteiger partial charge in [-0.1, -0.05) is 54.0 Å². The maximum absolute atomic E-state index is 12.9. The first kappa shape index (κ1) is 19.7. The smallest absolute Gasteiger partial charge is 0.335 e. The average Bonchev–Trinajstić information content (AvgIpc) is 2.68. The largest absolute Gasteiger partial charge is 0.478 e. The molecular weight excluding hydrogens is 397 g/mol. The molecule has 0 fully saturated rings. The third-order valence-corrected chi connectivity index (χ3v) is 4.76. The Hall–Kier alpha value is -3.08. The number of aromatic carboxylic acids is 1. The van der Waals surface area contributed by atoms with Gasteiger partial charge in [-0.3, -0.25) is 4.79 Å². The minimum Gasteiger partial charge on any atom is -0.478 e. The van der Waals surface area contributed by atoms with Gasteiger partial charge >= 0.3 is 5.97 Å². The van der Waals surface area contributed by atoms with Crippen LogP contribution in [0.15, 0.2) is 73.3 Å². The number of nitrogens with one attached hydrogen (secondary N) is 1. The molecule has 3 aromatic rings. The molecule has 2 N–H and O–H groups in total. The third kappa shape index (κ3) is 4.09. The molecule has 0 spiro atoms. The molecule has 0 aliphatic heterocycles. The van der Waals surface area contributed by atoms with Crippen molar-refractivity contribution >= 4 is 51.9 Å². The molecule has 0 radical (unpaired) electrons. The lowest BCUT2D eigenvalue weighted by Gasteiger charge is -2.15. The van der Waals surface area contributed by atoms with E-state index in [1.165, 1.54) is 12.1 Å². The number of anilines is 2. The van der Waals surface area contributed by atoms with Gasteiger partial charge in [0.1, 0.15) is 0 Å². The molecule has 0 aliphatic rings. The molecule has 0 bridgehead atoms. The second kappa shape index (κ2) is 8.30. The van der Waals surface area contributed by atoms with E-state index in [-0.39, 0.29) is 32.5 Å². The Morgan fingerprint density at radius 2 is 1.46 bits per heavy atom. The molecule has 3 rings (SSSR count). The van der Waals surface area contributed by atoms with Gasteiger partial charge in [0.05, 0.1) is 21.2 Å². The molecule has 28 heavy (non-hydrogen) atoms. The van der Waals surface area contributed by atoms with E-state index in [1.54, 1.807) is 48.5 Å². The molecule has 0 atom stereocenters. The van der Waals surface area contributed by atoms with Gasteiger partial charge in [0.15, 0.2) is 5.78 Å². The number of halogens is 2. The fourth-order valence-electron chi connectivity index (χ4n) is 2.69. The summed E-state index contributed by atoms with van der Waals surface area (Å²) in [5.74, 6) is -1.37. The summed E-state index contributed by atoms with van der Waals surface area (Å²) in [7, 11) is 0. The van der Waals surface area contributed by atoms with Crippen molar-refractivity contribution in [3.63, 3.8) is 0 Å². The zero-order chi connectivity index (χ0) is 20.3. The van der Waals surface area contributed by atoms with Crippen molar-refractivity contribution in [1.82, 2.24) is 0 Å². The van der Waals surface area contributed by atoms with Gasteiger partial charge in [0.2, 0.25) is 0 Å². The van der Waals surface area contributed by atoms with Crippen molar-refractivity contribution in [3.05, 3.63) is 100 Å². The van der Waals surface area contributed by atoms with Crippen molar-refractivity contribution in [1.29, 1.82) is 0 Å². The minimum absolute atomic E-state index is 0.187. The quantitative estimate of drug-likeness (QED) is 0.367. The molecule has 0 aromatic heterocycles. The molecule has 0 amide bonds. The highest BCUT2D eigenvalue weighted by Crippen LogP contribution is 2.32. The van der Waals surface area contributed by atoms with Crippen LogP contribution in [0.3, 0.4) is 0 Å². The number of benzene rings is 3. The Morgan fingerprint density at radius 1 is 0.857 bits per heavy atom. The Kier molecular flexibility index (Phi) is 5.83. The van der Waals surface area contributed by atoms with Crippen LogP contribution >= 0.6 is 23.2 Å². The zero-order valence-electron chi connectivity index (χ0n) is 14.6. The van der Waals surface area contributed by atoms with Crippen molar-refractivity contribution in [2.75, 3.05) is 5.32 Å². The van der Waals surface area contributed by atoms with E-state index in [9.17, 15) is 9.59 Å². The molecule has 140 valence electrons. The maximum atomic E-state index is 12.9. The van der Waals surface area contributed by atoms with Crippen LogP contribution in [0.5, 0.6) is 0 Å². The number of hydrogen-bond donors (Lipinski definition) is 2. The topological polar surface area (TPSA) is 66.4 Å². The van der Waals surface area contributed by atoms with E-state index in [1.807, 2.05) is 6.07 Å². The van der Waals surface area contributed by atoms with E-state index in [0.717, 1.165) is 0 Å². The van der Waals surface area contributed by atoms with Crippen molar-refractivity contribution in [2.24, 2.45) is 0 Å². The minimum atomic E-state index is -0.998. The number of carboxylic acids is 1. The van der Waals surface area contributed by atoms with Crippen LogP contribution in [0, 0.1) is 0 Å². The number of carboxylic acid groups (broad SMARTS) is 1. The average molecular weight is 412 g/mol. The van der Waals surface area contributed by atoms with Crippen molar-refractivity contribution in [2.45, 2.75) is 0 Å². The number of hydrogen-bond acceptors (Lipinski definition) is 3. The number of rotatable bonds is 6. The van der Waals surface area contributed by atoms with Crippen LogP contribution in [0.1, 0.15) is 26.3 Å². The Labute approximate surface area is 172 Å². The first-order valence-corrected chi connectivity index (χ1v) is 9.01. The summed E-state index contributed by atoms with van der Waals surface area (Å²) >= 11 is 12.3. The van der Waals surface area contributed by atoms with E-state index >= 15 is 0 Å². The summed E-state index contributed by atoms with van der Waals surface area (Å²) in [5, 5.41) is 12.7. The number of carbonyl (C=O) groups excluding carboxylic acids is 1. The van der Waals surface area contributed by atoms with Gasteiger partial charge in [0, 0.05) is 22.5 Å². The second-order valence-corrected chi connectivity index (χ2v) is 6.77. The van der Waals surface area contributed by atoms with Gasteiger partial charge in [-0.2, -0.15) is 0 Å². The fourth-order valence-corrected chi connectivity index (χ4v) is 3.26. The Bertz CT molecular complexity index is 1060. The molecule has 0 saturated carbocycles. The normalized spacial score (nSPS) is 10.4. The first-order chi connectivity index (χ1) is 13.4. The summed E-state index contributed by atoms with van der Waals surface area (Å²) in [5.41, 5.74) is 2.54. The molecule has 6 heteroatoms. The highest BCUT2D eigenvalue weighted by Gasteiger charge is 2.20. The number of ketones is 1. The van der Waals surface area contributed by atoms with Crippen LogP contribution in [0.2, 0.25) is 10.0 Å². The van der Waals surface area contributed by atoms with E-state index in [0.29, 0.717) is 16.9 Å². The van der Waals surface area contributed by atoms with Crippen LogP contribution in [0.25, 0.3) is 5.57 Å². The lowest BCUT2D eigenvalue weighted by molar-refractivity contribution is 0.0696. The SMILES string of the molecule is C=C(C(=O)c1c(Cl)cccc1Cl)c1ccccc1Nc1ccc(C(=O)O)cc1. The van der Waals surface area contributed by atoms with Crippen LogP contribution in [0.4, 0.5) is 11.4 Å². The van der Waals surface area contributed by atoms with Gasteiger partial charge < -0.3 is 10.4 Å². The molecule has 0 heterocycles. The molecule has 3 aromatic carbocycles. The molecule has 4 nitrogen and oxygen atoms in total. The number of para-hydroxylation sites is 1.